The molecule has 1 rings (SSSR count). The van der Waals surface area contributed by atoms with Gasteiger partial charge in [0.25, 0.3) is 0 Å². The first-order valence-corrected chi connectivity index (χ1v) is 4.74. The van der Waals surface area contributed by atoms with E-state index >= 15 is 0 Å². The van der Waals surface area contributed by atoms with Gasteiger partial charge in [-0.3, -0.25) is 4.79 Å². The molecule has 1 aliphatic heterocycles. The molecule has 1 unspecified atom stereocenters. The number of ketones is 1. The van der Waals surface area contributed by atoms with Crippen molar-refractivity contribution in [1.82, 2.24) is 0 Å². The molecule has 0 amide bonds. The Kier molecular flexibility index (Phi) is 4.35. The van der Waals surface area contributed by atoms with Crippen LogP contribution in [0.4, 0.5) is 0 Å². The number of carbonyl (C=O) groups is 1. The lowest BCUT2D eigenvalue weighted by Gasteiger charge is -2.25. The minimum Gasteiger partial charge on any atom is -0.353 e. The third-order valence-corrected chi connectivity index (χ3v) is 2.15. The Morgan fingerprint density at radius 1 is 1.69 bits per heavy atom. The van der Waals surface area contributed by atoms with Gasteiger partial charge in [-0.25, -0.2) is 0 Å². The smallest absolute Gasteiger partial charge is 0.174 e. The van der Waals surface area contributed by atoms with Crippen LogP contribution in [0.5, 0.6) is 0 Å². The van der Waals surface area contributed by atoms with Crippen molar-refractivity contribution in [2.24, 2.45) is 5.73 Å². The topological polar surface area (TPSA) is 61.5 Å². The van der Waals surface area contributed by atoms with Gasteiger partial charge in [0.15, 0.2) is 12.1 Å². The summed E-state index contributed by atoms with van der Waals surface area (Å²) in [5.74, 6) is -0.0748. The second-order valence-electron chi connectivity index (χ2n) is 3.24. The van der Waals surface area contributed by atoms with Gasteiger partial charge < -0.3 is 15.2 Å². The van der Waals surface area contributed by atoms with Crippen LogP contribution in [0, 0.1) is 0 Å². The van der Waals surface area contributed by atoms with Crippen LogP contribution in [0.25, 0.3) is 0 Å². The molecule has 1 fully saturated rings. The van der Waals surface area contributed by atoms with Crippen molar-refractivity contribution in [3.8, 4) is 0 Å². The van der Waals surface area contributed by atoms with E-state index in [4.69, 9.17) is 15.2 Å². The first-order chi connectivity index (χ1) is 6.24. The largest absolute Gasteiger partial charge is 0.353 e. The molecule has 0 radical (unpaired) electrons. The SMILES string of the molecule is C[C@@H](OC1CCCCO1)C(=O)CN. The summed E-state index contributed by atoms with van der Waals surface area (Å²) >= 11 is 0. The molecule has 1 heterocycles. The summed E-state index contributed by atoms with van der Waals surface area (Å²) < 4.78 is 10.7. The summed E-state index contributed by atoms with van der Waals surface area (Å²) in [4.78, 5) is 11.1. The molecule has 0 aliphatic carbocycles. The molecule has 0 aromatic carbocycles. The number of Topliss-reactive ketones (excluding diaryl/α,β-unsaturated/α-hetero) is 1. The predicted octanol–water partition coefficient (Wildman–Crippen LogP) is 0.446. The van der Waals surface area contributed by atoms with Crippen LogP contribution in [0.1, 0.15) is 26.2 Å². The maximum atomic E-state index is 11.1. The fourth-order valence-corrected chi connectivity index (χ4v) is 1.29. The van der Waals surface area contributed by atoms with Crippen molar-refractivity contribution in [2.45, 2.75) is 38.6 Å². The van der Waals surface area contributed by atoms with E-state index in [1.807, 2.05) is 0 Å². The van der Waals surface area contributed by atoms with Gasteiger partial charge in [0.2, 0.25) is 0 Å². The average molecular weight is 187 g/mol. The lowest BCUT2D eigenvalue weighted by molar-refractivity contribution is -0.187. The van der Waals surface area contributed by atoms with Gasteiger partial charge in [-0.05, 0) is 26.2 Å². The molecule has 4 nitrogen and oxygen atoms in total. The van der Waals surface area contributed by atoms with Crippen molar-refractivity contribution >= 4 is 5.78 Å². The van der Waals surface area contributed by atoms with Crippen molar-refractivity contribution in [2.75, 3.05) is 13.2 Å². The van der Waals surface area contributed by atoms with E-state index in [1.165, 1.54) is 0 Å². The number of hydrogen-bond donors (Lipinski definition) is 1. The van der Waals surface area contributed by atoms with Gasteiger partial charge >= 0.3 is 0 Å². The van der Waals surface area contributed by atoms with Gasteiger partial charge in [-0.15, -0.1) is 0 Å². The summed E-state index contributed by atoms with van der Waals surface area (Å²) in [6.45, 7) is 2.48. The first kappa shape index (κ1) is 10.6. The third-order valence-electron chi connectivity index (χ3n) is 2.15. The second-order valence-corrected chi connectivity index (χ2v) is 3.24. The molecular weight excluding hydrogens is 170 g/mol. The highest BCUT2D eigenvalue weighted by atomic mass is 16.7. The monoisotopic (exact) mass is 187 g/mol. The minimum absolute atomic E-state index is 0.0356. The molecule has 1 saturated heterocycles. The molecule has 2 atom stereocenters. The Labute approximate surface area is 78.4 Å². The van der Waals surface area contributed by atoms with E-state index in [0.717, 1.165) is 25.9 Å². The number of rotatable bonds is 4. The first-order valence-electron chi connectivity index (χ1n) is 4.74. The zero-order chi connectivity index (χ0) is 9.68. The fourth-order valence-electron chi connectivity index (χ4n) is 1.29. The molecular formula is C9H17NO3. The maximum Gasteiger partial charge on any atom is 0.174 e. The molecule has 0 spiro atoms. The molecule has 0 aromatic heterocycles. The van der Waals surface area contributed by atoms with Crippen molar-refractivity contribution in [3.05, 3.63) is 0 Å². The Balaban J connectivity index is 2.25. The van der Waals surface area contributed by atoms with E-state index in [0.29, 0.717) is 0 Å². The number of hydrogen-bond acceptors (Lipinski definition) is 4. The molecule has 76 valence electrons. The summed E-state index contributed by atoms with van der Waals surface area (Å²) in [5.41, 5.74) is 5.21. The van der Waals surface area contributed by atoms with Gasteiger partial charge in [-0.2, -0.15) is 0 Å². The Morgan fingerprint density at radius 2 is 2.46 bits per heavy atom. The summed E-state index contributed by atoms with van der Waals surface area (Å²) in [6, 6.07) is 0. The van der Waals surface area contributed by atoms with E-state index in [1.54, 1.807) is 6.92 Å². The lowest BCUT2D eigenvalue weighted by atomic mass is 10.2. The Hall–Kier alpha value is -0.450. The van der Waals surface area contributed by atoms with E-state index in [9.17, 15) is 4.79 Å². The molecule has 0 saturated carbocycles. The number of nitrogens with two attached hydrogens (primary N) is 1. The zero-order valence-corrected chi connectivity index (χ0v) is 7.99. The average Bonchev–Trinajstić information content (AvgIpc) is 2.18. The zero-order valence-electron chi connectivity index (χ0n) is 7.99. The minimum atomic E-state index is -0.437. The van der Waals surface area contributed by atoms with Crippen molar-refractivity contribution in [3.63, 3.8) is 0 Å². The maximum absolute atomic E-state index is 11.1. The third kappa shape index (κ3) is 3.42. The fraction of sp³-hybridized carbons (Fsp3) is 0.889. The highest BCUT2D eigenvalue weighted by Crippen LogP contribution is 2.15. The summed E-state index contributed by atoms with van der Waals surface area (Å²) in [7, 11) is 0. The van der Waals surface area contributed by atoms with Gasteiger partial charge in [0.1, 0.15) is 6.10 Å². The van der Waals surface area contributed by atoms with Crippen LogP contribution < -0.4 is 5.73 Å². The molecule has 2 N–H and O–H groups in total. The van der Waals surface area contributed by atoms with Gasteiger partial charge in [0.05, 0.1) is 6.54 Å². The number of carbonyl (C=O) groups excluding carboxylic acids is 1. The highest BCUT2D eigenvalue weighted by Gasteiger charge is 2.20. The standard InChI is InChI=1S/C9H17NO3/c1-7(8(11)6-10)13-9-4-2-3-5-12-9/h7,9H,2-6,10H2,1H3/t7-,9?/m1/s1. The van der Waals surface area contributed by atoms with Crippen LogP contribution in [-0.4, -0.2) is 31.3 Å². The van der Waals surface area contributed by atoms with Crippen molar-refractivity contribution in [1.29, 1.82) is 0 Å². The Morgan fingerprint density at radius 3 is 3.00 bits per heavy atom. The Bertz CT molecular complexity index is 166. The van der Waals surface area contributed by atoms with Crippen molar-refractivity contribution < 1.29 is 14.3 Å². The summed E-state index contributed by atoms with van der Waals surface area (Å²) in [5, 5.41) is 0. The highest BCUT2D eigenvalue weighted by molar-refractivity contribution is 5.84. The molecule has 13 heavy (non-hydrogen) atoms. The van der Waals surface area contributed by atoms with E-state index in [2.05, 4.69) is 0 Å². The number of ether oxygens (including phenoxy) is 2. The normalized spacial score (nSPS) is 25.5. The quantitative estimate of drug-likeness (QED) is 0.694. The van der Waals surface area contributed by atoms with Crippen LogP contribution in [-0.2, 0) is 14.3 Å². The van der Waals surface area contributed by atoms with Gasteiger partial charge in [-0.1, -0.05) is 0 Å². The van der Waals surface area contributed by atoms with Crippen LogP contribution in [0.3, 0.4) is 0 Å². The second kappa shape index (κ2) is 5.32. The molecule has 4 heteroatoms. The summed E-state index contributed by atoms with van der Waals surface area (Å²) in [6.07, 6.45) is 2.42. The van der Waals surface area contributed by atoms with Crippen LogP contribution >= 0.6 is 0 Å². The van der Waals surface area contributed by atoms with E-state index < -0.39 is 6.10 Å². The predicted molar refractivity (Wildman–Crippen MR) is 48.2 cm³/mol. The van der Waals surface area contributed by atoms with Crippen LogP contribution in [0.15, 0.2) is 0 Å². The molecule has 0 bridgehead atoms. The molecule has 1 aliphatic rings. The van der Waals surface area contributed by atoms with E-state index in [-0.39, 0.29) is 18.6 Å². The van der Waals surface area contributed by atoms with Gasteiger partial charge in [0, 0.05) is 6.61 Å². The van der Waals surface area contributed by atoms with Crippen LogP contribution in [0.2, 0.25) is 0 Å². The lowest BCUT2D eigenvalue weighted by Crippen LogP contribution is -2.34. The molecule has 0 aromatic rings.